The van der Waals surface area contributed by atoms with Gasteiger partial charge in [-0.05, 0) is 91.6 Å². The van der Waals surface area contributed by atoms with Gasteiger partial charge in [0.25, 0.3) is 0 Å². The van der Waals surface area contributed by atoms with Crippen LogP contribution in [0.1, 0.15) is 44.3 Å². The number of carbonyl (C=O) groups is 1. The minimum absolute atomic E-state index is 0.118. The number of hydrogen-bond acceptors (Lipinski definition) is 4. The lowest BCUT2D eigenvalue weighted by molar-refractivity contribution is 0.205. The van der Waals surface area contributed by atoms with E-state index < -0.39 is 0 Å². The highest BCUT2D eigenvalue weighted by atomic mass is 19.1. The molecule has 0 radical (unpaired) electrons. The SMILES string of the molecule is CN(C(=O)NC(CC1CCC2=CC(=Nc3ccc(F)cc3)C(C=N)CC21C)c1ccccn1)c1ccccc1. The fourth-order valence-electron chi connectivity index (χ4n) is 6.01. The summed E-state index contributed by atoms with van der Waals surface area (Å²) in [5, 5.41) is 11.4. The molecule has 6 nitrogen and oxygen atoms in total. The molecule has 7 heteroatoms. The van der Waals surface area contributed by atoms with E-state index in [0.29, 0.717) is 11.6 Å². The number of hydrogen-bond donors (Lipinski definition) is 2. The van der Waals surface area contributed by atoms with Crippen molar-refractivity contribution < 1.29 is 9.18 Å². The molecule has 2 aliphatic rings. The van der Waals surface area contributed by atoms with Crippen molar-refractivity contribution in [2.45, 2.75) is 38.6 Å². The molecule has 5 rings (SSSR count). The van der Waals surface area contributed by atoms with Crippen LogP contribution >= 0.6 is 0 Å². The number of pyridine rings is 1. The second-order valence-corrected chi connectivity index (χ2v) is 10.7. The lowest BCUT2D eigenvalue weighted by Crippen LogP contribution is -2.41. The third-order valence-electron chi connectivity index (χ3n) is 8.34. The number of nitrogens with one attached hydrogen (secondary N) is 2. The average molecular weight is 524 g/mol. The maximum absolute atomic E-state index is 13.4. The first-order valence-corrected chi connectivity index (χ1v) is 13.4. The molecule has 4 atom stereocenters. The lowest BCUT2D eigenvalue weighted by atomic mass is 9.65. The van der Waals surface area contributed by atoms with E-state index in [0.717, 1.165) is 42.8 Å². The highest BCUT2D eigenvalue weighted by Gasteiger charge is 2.47. The van der Waals surface area contributed by atoms with Crippen LogP contribution in [0.3, 0.4) is 0 Å². The topological polar surface area (TPSA) is 81.4 Å². The number of benzene rings is 2. The Morgan fingerprint density at radius 3 is 2.62 bits per heavy atom. The molecule has 1 aromatic heterocycles. The fraction of sp³-hybridized carbons (Fsp3) is 0.312. The summed E-state index contributed by atoms with van der Waals surface area (Å²) in [5.74, 6) is -0.121. The van der Waals surface area contributed by atoms with Gasteiger partial charge in [0.15, 0.2) is 0 Å². The molecule has 3 aromatic rings. The van der Waals surface area contributed by atoms with Crippen molar-refractivity contribution in [3.8, 4) is 0 Å². The van der Waals surface area contributed by atoms with Crippen LogP contribution in [-0.2, 0) is 0 Å². The number of urea groups is 1. The van der Waals surface area contributed by atoms with E-state index in [9.17, 15) is 9.18 Å². The van der Waals surface area contributed by atoms with Crippen molar-refractivity contribution in [2.24, 2.45) is 22.2 Å². The van der Waals surface area contributed by atoms with E-state index in [-0.39, 0.29) is 29.2 Å². The van der Waals surface area contributed by atoms with Gasteiger partial charge in [0, 0.05) is 36.8 Å². The Kier molecular flexibility index (Phi) is 7.68. The Balaban J connectivity index is 1.39. The van der Waals surface area contributed by atoms with Crippen molar-refractivity contribution in [1.29, 1.82) is 5.41 Å². The first-order valence-electron chi connectivity index (χ1n) is 13.4. The summed E-state index contributed by atoms with van der Waals surface area (Å²) < 4.78 is 13.4. The number of fused-ring (bicyclic) bond motifs is 1. The van der Waals surface area contributed by atoms with Crippen LogP contribution in [0.15, 0.2) is 95.6 Å². The van der Waals surface area contributed by atoms with E-state index in [1.807, 2.05) is 48.5 Å². The minimum Gasteiger partial charge on any atom is -0.329 e. The third kappa shape index (κ3) is 5.67. The van der Waals surface area contributed by atoms with Crippen LogP contribution < -0.4 is 10.2 Å². The number of anilines is 1. The van der Waals surface area contributed by atoms with Crippen molar-refractivity contribution >= 4 is 29.3 Å². The predicted octanol–water partition coefficient (Wildman–Crippen LogP) is 7.28. The molecule has 1 heterocycles. The van der Waals surface area contributed by atoms with Gasteiger partial charge in [-0.2, -0.15) is 0 Å². The summed E-state index contributed by atoms with van der Waals surface area (Å²) in [5.41, 5.74) is 4.41. The molecule has 0 aliphatic heterocycles. The summed E-state index contributed by atoms with van der Waals surface area (Å²) in [6.07, 6.45) is 8.85. The molecule has 4 unspecified atom stereocenters. The summed E-state index contributed by atoms with van der Waals surface area (Å²) in [6.45, 7) is 2.29. The van der Waals surface area contributed by atoms with Gasteiger partial charge in [-0.1, -0.05) is 36.8 Å². The van der Waals surface area contributed by atoms with Gasteiger partial charge in [-0.15, -0.1) is 0 Å². The molecule has 2 aromatic carbocycles. The number of halogens is 1. The Bertz CT molecular complexity index is 1370. The second kappa shape index (κ2) is 11.3. The quantitative estimate of drug-likeness (QED) is 0.319. The van der Waals surface area contributed by atoms with Crippen molar-refractivity contribution in [3.05, 3.63) is 102 Å². The number of rotatable bonds is 7. The molecule has 39 heavy (non-hydrogen) atoms. The number of allylic oxidation sites excluding steroid dienone is 2. The van der Waals surface area contributed by atoms with Crippen molar-refractivity contribution in [3.63, 3.8) is 0 Å². The highest BCUT2D eigenvalue weighted by molar-refractivity contribution is 6.08. The molecular formula is C32H34FN5O. The molecule has 200 valence electrons. The number of para-hydroxylation sites is 1. The monoisotopic (exact) mass is 523 g/mol. The van der Waals surface area contributed by atoms with Crippen molar-refractivity contribution in [2.75, 3.05) is 11.9 Å². The highest BCUT2D eigenvalue weighted by Crippen LogP contribution is 2.56. The van der Waals surface area contributed by atoms with Gasteiger partial charge in [0.05, 0.1) is 17.4 Å². The van der Waals surface area contributed by atoms with Crippen LogP contribution in [0.2, 0.25) is 0 Å². The molecule has 0 bridgehead atoms. The lowest BCUT2D eigenvalue weighted by Gasteiger charge is -2.40. The molecule has 2 N–H and O–H groups in total. The zero-order chi connectivity index (χ0) is 27.4. The minimum atomic E-state index is -0.291. The predicted molar refractivity (Wildman–Crippen MR) is 154 cm³/mol. The van der Waals surface area contributed by atoms with Gasteiger partial charge in [-0.3, -0.25) is 14.9 Å². The van der Waals surface area contributed by atoms with Crippen LogP contribution in [0.4, 0.5) is 20.6 Å². The van der Waals surface area contributed by atoms with Crippen molar-refractivity contribution in [1.82, 2.24) is 10.3 Å². The Hall–Kier alpha value is -4.13. The van der Waals surface area contributed by atoms with Crippen LogP contribution in [0.5, 0.6) is 0 Å². The Morgan fingerprint density at radius 2 is 1.92 bits per heavy atom. The maximum Gasteiger partial charge on any atom is 0.322 e. The second-order valence-electron chi connectivity index (χ2n) is 10.7. The summed E-state index contributed by atoms with van der Waals surface area (Å²) in [4.78, 5) is 24.3. The summed E-state index contributed by atoms with van der Waals surface area (Å²) >= 11 is 0. The number of amides is 2. The molecule has 1 saturated carbocycles. The van der Waals surface area contributed by atoms with E-state index in [1.54, 1.807) is 30.3 Å². The van der Waals surface area contributed by atoms with Gasteiger partial charge >= 0.3 is 6.03 Å². The van der Waals surface area contributed by atoms with Gasteiger partial charge < -0.3 is 10.7 Å². The van der Waals surface area contributed by atoms with E-state index >= 15 is 0 Å². The number of aromatic nitrogens is 1. The standard InChI is InChI=1S/C32H34FN5O/c1-32-20-22(21-34)29(36-26-15-13-25(33)14-16-26)18-23(32)11-12-24(32)19-30(28-10-6-7-17-35-28)37-31(39)38(2)27-8-4-3-5-9-27/h3-10,13-18,21-22,24,30,34H,11-12,19-20H2,1-2H3,(H,37,39). The number of carbonyl (C=O) groups excluding carboxylic acids is 1. The van der Waals surface area contributed by atoms with Crippen LogP contribution in [0, 0.1) is 28.5 Å². The third-order valence-corrected chi connectivity index (χ3v) is 8.34. The zero-order valence-electron chi connectivity index (χ0n) is 22.3. The smallest absolute Gasteiger partial charge is 0.322 e. The van der Waals surface area contributed by atoms with Gasteiger partial charge in [0.2, 0.25) is 0 Å². The normalized spacial score (nSPS) is 24.0. The van der Waals surface area contributed by atoms with Gasteiger partial charge in [-0.25, -0.2) is 9.18 Å². The molecule has 1 fully saturated rings. The maximum atomic E-state index is 13.4. The molecule has 0 saturated heterocycles. The van der Waals surface area contributed by atoms with E-state index in [1.165, 1.54) is 23.9 Å². The summed E-state index contributed by atoms with van der Waals surface area (Å²) in [7, 11) is 1.77. The Morgan fingerprint density at radius 1 is 1.18 bits per heavy atom. The number of aliphatic imine (C=N–C) groups is 1. The number of nitrogens with zero attached hydrogens (tertiary/aromatic N) is 3. The van der Waals surface area contributed by atoms with Crippen LogP contribution in [-0.4, -0.2) is 30.0 Å². The molecular weight excluding hydrogens is 489 g/mol. The molecule has 2 amide bonds. The van der Waals surface area contributed by atoms with E-state index in [2.05, 4.69) is 23.3 Å². The first kappa shape index (κ1) is 26.5. The van der Waals surface area contributed by atoms with Gasteiger partial charge in [0.1, 0.15) is 5.82 Å². The average Bonchev–Trinajstić information content (AvgIpc) is 3.28. The first-order chi connectivity index (χ1) is 18.9. The van der Waals surface area contributed by atoms with Crippen LogP contribution in [0.25, 0.3) is 0 Å². The molecule has 2 aliphatic carbocycles. The fourth-order valence-corrected chi connectivity index (χ4v) is 6.01. The summed E-state index contributed by atoms with van der Waals surface area (Å²) in [6, 6.07) is 21.1. The Labute approximate surface area is 229 Å². The zero-order valence-corrected chi connectivity index (χ0v) is 22.3. The van der Waals surface area contributed by atoms with E-state index in [4.69, 9.17) is 10.4 Å². The largest absolute Gasteiger partial charge is 0.329 e. The molecule has 0 spiro atoms.